The van der Waals surface area contributed by atoms with Crippen LogP contribution in [0.3, 0.4) is 0 Å². The van der Waals surface area contributed by atoms with Gasteiger partial charge in [0.2, 0.25) is 5.91 Å². The molecule has 0 bridgehead atoms. The number of amides is 1. The van der Waals surface area contributed by atoms with Crippen molar-refractivity contribution >= 4 is 11.9 Å². The van der Waals surface area contributed by atoms with E-state index in [1.54, 1.807) is 19.1 Å². The zero-order chi connectivity index (χ0) is 15.5. The van der Waals surface area contributed by atoms with Gasteiger partial charge in [-0.15, -0.1) is 0 Å². The van der Waals surface area contributed by atoms with Gasteiger partial charge in [-0.25, -0.2) is 9.18 Å². The normalized spacial score (nSPS) is 18.2. The van der Waals surface area contributed by atoms with Crippen LogP contribution in [-0.2, 0) is 16.0 Å². The lowest BCUT2D eigenvalue weighted by atomic mass is 9.94. The van der Waals surface area contributed by atoms with E-state index in [2.05, 4.69) is 5.32 Å². The van der Waals surface area contributed by atoms with Gasteiger partial charge in [0.15, 0.2) is 0 Å². The minimum Gasteiger partial charge on any atom is -0.480 e. The molecule has 1 aliphatic rings. The Morgan fingerprint density at radius 2 is 2.05 bits per heavy atom. The lowest BCUT2D eigenvalue weighted by Gasteiger charge is -2.27. The van der Waals surface area contributed by atoms with Crippen molar-refractivity contribution in [3.05, 3.63) is 35.6 Å². The number of aliphatic carboxylic acids is 1. The molecule has 1 amide bonds. The first-order chi connectivity index (χ1) is 9.93. The van der Waals surface area contributed by atoms with Crippen LogP contribution in [0.1, 0.15) is 38.2 Å². The van der Waals surface area contributed by atoms with Gasteiger partial charge in [-0.3, -0.25) is 4.79 Å². The average Bonchev–Trinajstić information content (AvgIpc) is 2.88. The van der Waals surface area contributed by atoms with E-state index in [4.69, 9.17) is 0 Å². The molecule has 1 atom stereocenters. The first-order valence-corrected chi connectivity index (χ1v) is 7.23. The van der Waals surface area contributed by atoms with Crippen molar-refractivity contribution in [2.45, 2.75) is 44.6 Å². The highest BCUT2D eigenvalue weighted by atomic mass is 19.1. The van der Waals surface area contributed by atoms with Gasteiger partial charge in [0.1, 0.15) is 11.4 Å². The quantitative estimate of drug-likeness (QED) is 0.876. The monoisotopic (exact) mass is 293 g/mol. The molecular formula is C16H20FNO3. The zero-order valence-corrected chi connectivity index (χ0v) is 12.1. The van der Waals surface area contributed by atoms with Crippen LogP contribution < -0.4 is 5.32 Å². The Kier molecular flexibility index (Phi) is 4.60. The summed E-state index contributed by atoms with van der Waals surface area (Å²) in [6.45, 7) is 1.73. The van der Waals surface area contributed by atoms with Crippen molar-refractivity contribution < 1.29 is 19.1 Å². The van der Waals surface area contributed by atoms with Gasteiger partial charge in [-0.1, -0.05) is 31.9 Å². The molecule has 0 radical (unpaired) electrons. The summed E-state index contributed by atoms with van der Waals surface area (Å²) in [6, 6.07) is 6.11. The number of hydrogen-bond acceptors (Lipinski definition) is 2. The van der Waals surface area contributed by atoms with Crippen molar-refractivity contribution in [2.24, 2.45) is 5.92 Å². The maximum atomic E-state index is 13.1. The molecular weight excluding hydrogens is 273 g/mol. The summed E-state index contributed by atoms with van der Waals surface area (Å²) in [7, 11) is 0. The van der Waals surface area contributed by atoms with Crippen LogP contribution in [0.15, 0.2) is 24.3 Å². The van der Waals surface area contributed by atoms with Gasteiger partial charge in [0.05, 0.1) is 0 Å². The number of rotatable bonds is 5. The minimum atomic E-state index is -1.12. The molecule has 0 aromatic heterocycles. The Morgan fingerprint density at radius 1 is 1.38 bits per heavy atom. The zero-order valence-electron chi connectivity index (χ0n) is 12.1. The fourth-order valence-electron chi connectivity index (χ4n) is 2.84. The summed E-state index contributed by atoms with van der Waals surface area (Å²) in [6.07, 6.45) is 2.95. The topological polar surface area (TPSA) is 66.4 Å². The number of carboxylic acids is 1. The van der Waals surface area contributed by atoms with Crippen molar-refractivity contribution in [2.75, 3.05) is 0 Å². The minimum absolute atomic E-state index is 0.288. The maximum absolute atomic E-state index is 13.1. The molecule has 1 saturated carbocycles. The van der Waals surface area contributed by atoms with E-state index in [0.717, 1.165) is 18.4 Å². The largest absolute Gasteiger partial charge is 0.480 e. The van der Waals surface area contributed by atoms with E-state index in [9.17, 15) is 19.1 Å². The third kappa shape index (κ3) is 3.60. The molecule has 5 heteroatoms. The number of halogens is 1. The predicted molar refractivity (Wildman–Crippen MR) is 76.2 cm³/mol. The second kappa shape index (κ2) is 6.24. The second-order valence-electron chi connectivity index (χ2n) is 5.82. The summed E-state index contributed by atoms with van der Waals surface area (Å²) in [4.78, 5) is 23.7. The average molecular weight is 293 g/mol. The lowest BCUT2D eigenvalue weighted by molar-refractivity contribution is -0.148. The third-order valence-corrected chi connectivity index (χ3v) is 4.11. The Labute approximate surface area is 123 Å². The molecule has 0 saturated heterocycles. The summed E-state index contributed by atoms with van der Waals surface area (Å²) in [5, 5.41) is 12.1. The Morgan fingerprint density at radius 3 is 2.62 bits per heavy atom. The van der Waals surface area contributed by atoms with Crippen LogP contribution in [0.4, 0.5) is 4.39 Å². The van der Waals surface area contributed by atoms with E-state index in [0.29, 0.717) is 19.3 Å². The molecule has 0 aliphatic heterocycles. The molecule has 2 rings (SSSR count). The van der Waals surface area contributed by atoms with Crippen LogP contribution in [0.25, 0.3) is 0 Å². The van der Waals surface area contributed by atoms with E-state index < -0.39 is 17.4 Å². The SMILES string of the molecule is CC(Cc1cccc(F)c1)C(=O)NC1(C(=O)O)CCCC1. The van der Waals surface area contributed by atoms with E-state index in [1.165, 1.54) is 12.1 Å². The Balaban J connectivity index is 2.01. The molecule has 0 spiro atoms. The second-order valence-corrected chi connectivity index (χ2v) is 5.82. The van der Waals surface area contributed by atoms with Crippen LogP contribution in [0, 0.1) is 11.7 Å². The third-order valence-electron chi connectivity index (χ3n) is 4.11. The summed E-state index contributed by atoms with van der Waals surface area (Å²) < 4.78 is 13.1. The van der Waals surface area contributed by atoms with Gasteiger partial charge in [0.25, 0.3) is 0 Å². The van der Waals surface area contributed by atoms with E-state index >= 15 is 0 Å². The number of nitrogens with one attached hydrogen (secondary N) is 1. The summed E-state index contributed by atoms with van der Waals surface area (Å²) in [5.74, 6) is -1.99. The van der Waals surface area contributed by atoms with Crippen LogP contribution in [-0.4, -0.2) is 22.5 Å². The Hall–Kier alpha value is -1.91. The molecule has 1 unspecified atom stereocenters. The van der Waals surface area contributed by atoms with Crippen LogP contribution in [0.2, 0.25) is 0 Å². The fraction of sp³-hybridized carbons (Fsp3) is 0.500. The van der Waals surface area contributed by atoms with Crippen molar-refractivity contribution in [3.8, 4) is 0 Å². The molecule has 2 N–H and O–H groups in total. The standard InChI is InChI=1S/C16H20FNO3/c1-11(9-12-5-4-6-13(17)10-12)14(19)18-16(15(20)21)7-2-3-8-16/h4-6,10-11H,2-3,7-9H2,1H3,(H,18,19)(H,20,21). The maximum Gasteiger partial charge on any atom is 0.329 e. The highest BCUT2D eigenvalue weighted by molar-refractivity contribution is 5.88. The highest BCUT2D eigenvalue weighted by Gasteiger charge is 2.43. The number of hydrogen-bond donors (Lipinski definition) is 2. The number of carboxylic acid groups (broad SMARTS) is 1. The number of carbonyl (C=O) groups is 2. The predicted octanol–water partition coefficient (Wildman–Crippen LogP) is 2.52. The van der Waals surface area contributed by atoms with E-state index in [-0.39, 0.29) is 11.7 Å². The summed E-state index contributed by atoms with van der Waals surface area (Å²) in [5.41, 5.74) is -0.388. The lowest BCUT2D eigenvalue weighted by Crippen LogP contribution is -2.54. The smallest absolute Gasteiger partial charge is 0.329 e. The van der Waals surface area contributed by atoms with Gasteiger partial charge >= 0.3 is 5.97 Å². The van der Waals surface area contributed by atoms with Gasteiger partial charge in [0, 0.05) is 5.92 Å². The van der Waals surface area contributed by atoms with E-state index in [1.807, 2.05) is 0 Å². The first-order valence-electron chi connectivity index (χ1n) is 7.23. The van der Waals surface area contributed by atoms with Crippen molar-refractivity contribution in [1.29, 1.82) is 0 Å². The first kappa shape index (κ1) is 15.5. The van der Waals surface area contributed by atoms with Crippen molar-refractivity contribution in [1.82, 2.24) is 5.32 Å². The molecule has 1 aliphatic carbocycles. The molecule has 1 fully saturated rings. The van der Waals surface area contributed by atoms with Gasteiger partial charge in [-0.05, 0) is 37.0 Å². The molecule has 1 aromatic carbocycles. The van der Waals surface area contributed by atoms with Crippen LogP contribution >= 0.6 is 0 Å². The molecule has 114 valence electrons. The summed E-state index contributed by atoms with van der Waals surface area (Å²) >= 11 is 0. The highest BCUT2D eigenvalue weighted by Crippen LogP contribution is 2.30. The molecule has 0 heterocycles. The number of carbonyl (C=O) groups excluding carboxylic acids is 1. The van der Waals surface area contributed by atoms with Crippen molar-refractivity contribution in [3.63, 3.8) is 0 Å². The molecule has 21 heavy (non-hydrogen) atoms. The number of benzene rings is 1. The Bertz CT molecular complexity index is 538. The van der Waals surface area contributed by atoms with Gasteiger partial charge < -0.3 is 10.4 Å². The van der Waals surface area contributed by atoms with Crippen LogP contribution in [0.5, 0.6) is 0 Å². The van der Waals surface area contributed by atoms with Gasteiger partial charge in [-0.2, -0.15) is 0 Å². The molecule has 1 aromatic rings. The fourth-order valence-corrected chi connectivity index (χ4v) is 2.84. The molecule has 4 nitrogen and oxygen atoms in total.